The average molecular weight is 562 g/mol. The molecule has 12 heteroatoms. The van der Waals surface area contributed by atoms with E-state index in [4.69, 9.17) is 16.3 Å². The van der Waals surface area contributed by atoms with Crippen LogP contribution in [0.4, 0.5) is 23.7 Å². The first kappa shape index (κ1) is 28.2. The molecule has 206 valence electrons. The van der Waals surface area contributed by atoms with E-state index in [0.29, 0.717) is 17.2 Å². The normalized spacial score (nSPS) is 15.3. The molecule has 2 aromatic carbocycles. The Balaban J connectivity index is 1.55. The molecule has 0 aliphatic carbocycles. The number of urea groups is 1. The van der Waals surface area contributed by atoms with E-state index in [1.54, 1.807) is 12.1 Å². The molecule has 4 rings (SSSR count). The molecule has 1 aliphatic heterocycles. The average Bonchev–Trinajstić information content (AvgIpc) is 3.53. The number of rotatable bonds is 8. The number of alkyl halides is 3. The SMILES string of the molecule is COCCN(CC(=O)N1N=C(c2cccn2C)CC1c1ccc(Cl)cc1)C(=O)Nc1ccc(C(F)(F)F)cc1. The summed E-state index contributed by atoms with van der Waals surface area (Å²) < 4.78 is 45.7. The zero-order valence-electron chi connectivity index (χ0n) is 21.3. The summed E-state index contributed by atoms with van der Waals surface area (Å²) in [5.74, 6) is -0.433. The van der Waals surface area contributed by atoms with Gasteiger partial charge in [-0.15, -0.1) is 0 Å². The molecule has 1 atom stereocenters. The Morgan fingerprint density at radius 2 is 1.82 bits per heavy atom. The third-order valence-electron chi connectivity index (χ3n) is 6.30. The number of carbonyl (C=O) groups excluding carboxylic acids is 2. The molecule has 0 fully saturated rings. The molecular weight excluding hydrogens is 535 g/mol. The summed E-state index contributed by atoms with van der Waals surface area (Å²) in [7, 11) is 3.35. The molecule has 0 bridgehead atoms. The number of methoxy groups -OCH3 is 1. The van der Waals surface area contributed by atoms with Crippen molar-refractivity contribution < 1.29 is 27.5 Å². The van der Waals surface area contributed by atoms with E-state index < -0.39 is 29.7 Å². The summed E-state index contributed by atoms with van der Waals surface area (Å²) in [6, 6.07) is 13.9. The fourth-order valence-electron chi connectivity index (χ4n) is 4.24. The summed E-state index contributed by atoms with van der Waals surface area (Å²) in [5, 5.41) is 9.12. The molecular formula is C27H27ClF3N5O3. The van der Waals surface area contributed by atoms with E-state index in [1.807, 2.05) is 42.1 Å². The predicted octanol–water partition coefficient (Wildman–Crippen LogP) is 5.56. The first-order valence-electron chi connectivity index (χ1n) is 12.1. The molecule has 1 aliphatic rings. The number of ether oxygens (including phenoxy) is 1. The van der Waals surface area contributed by atoms with Gasteiger partial charge in [-0.25, -0.2) is 9.80 Å². The van der Waals surface area contributed by atoms with Crippen molar-refractivity contribution in [2.45, 2.75) is 18.6 Å². The lowest BCUT2D eigenvalue weighted by atomic mass is 10.0. The monoisotopic (exact) mass is 561 g/mol. The number of hydrogen-bond donors (Lipinski definition) is 1. The molecule has 0 radical (unpaired) electrons. The van der Waals surface area contributed by atoms with Crippen molar-refractivity contribution in [2.24, 2.45) is 12.1 Å². The number of nitrogens with one attached hydrogen (secondary N) is 1. The van der Waals surface area contributed by atoms with E-state index in [2.05, 4.69) is 10.4 Å². The van der Waals surface area contributed by atoms with E-state index in [-0.39, 0.29) is 25.4 Å². The zero-order valence-corrected chi connectivity index (χ0v) is 22.0. The largest absolute Gasteiger partial charge is 0.416 e. The maximum atomic E-state index is 13.6. The number of aryl methyl sites for hydroxylation is 1. The van der Waals surface area contributed by atoms with Crippen LogP contribution >= 0.6 is 11.6 Å². The number of anilines is 1. The fourth-order valence-corrected chi connectivity index (χ4v) is 4.36. The highest BCUT2D eigenvalue weighted by atomic mass is 35.5. The highest BCUT2D eigenvalue weighted by Gasteiger charge is 2.35. The van der Waals surface area contributed by atoms with Crippen LogP contribution in [0.1, 0.15) is 29.3 Å². The van der Waals surface area contributed by atoms with Gasteiger partial charge in [0.2, 0.25) is 0 Å². The van der Waals surface area contributed by atoms with Crippen molar-refractivity contribution in [1.29, 1.82) is 0 Å². The van der Waals surface area contributed by atoms with Crippen molar-refractivity contribution in [1.82, 2.24) is 14.5 Å². The summed E-state index contributed by atoms with van der Waals surface area (Å²) in [4.78, 5) is 27.9. The quantitative estimate of drug-likeness (QED) is 0.391. The Labute approximate surface area is 228 Å². The van der Waals surface area contributed by atoms with Crippen LogP contribution in [0.15, 0.2) is 72.0 Å². The highest BCUT2D eigenvalue weighted by molar-refractivity contribution is 6.30. The third kappa shape index (κ3) is 6.79. The number of carbonyl (C=O) groups is 2. The van der Waals surface area contributed by atoms with Crippen LogP contribution in [0, 0.1) is 0 Å². The third-order valence-corrected chi connectivity index (χ3v) is 6.55. The Morgan fingerprint density at radius 1 is 1.13 bits per heavy atom. The maximum absolute atomic E-state index is 13.6. The Kier molecular flexibility index (Phi) is 8.61. The lowest BCUT2D eigenvalue weighted by Crippen LogP contribution is -2.44. The van der Waals surface area contributed by atoms with Crippen LogP contribution in [0.25, 0.3) is 0 Å². The van der Waals surface area contributed by atoms with Crippen LogP contribution in [-0.4, -0.2) is 58.9 Å². The number of nitrogens with zero attached hydrogens (tertiary/aromatic N) is 4. The van der Waals surface area contributed by atoms with Crippen molar-refractivity contribution in [3.63, 3.8) is 0 Å². The Hall–Kier alpha value is -3.83. The summed E-state index contributed by atoms with van der Waals surface area (Å²) in [5.41, 5.74) is 1.74. The first-order valence-corrected chi connectivity index (χ1v) is 12.4. The highest BCUT2D eigenvalue weighted by Crippen LogP contribution is 2.34. The number of benzene rings is 2. The van der Waals surface area contributed by atoms with E-state index in [1.165, 1.54) is 17.0 Å². The first-order chi connectivity index (χ1) is 18.6. The molecule has 0 saturated heterocycles. The van der Waals surface area contributed by atoms with Gasteiger partial charge in [0.15, 0.2) is 0 Å². The number of aromatic nitrogens is 1. The molecule has 2 heterocycles. The second-order valence-corrected chi connectivity index (χ2v) is 9.42. The molecule has 1 N–H and O–H groups in total. The van der Waals surface area contributed by atoms with Crippen LogP contribution in [0.3, 0.4) is 0 Å². The minimum Gasteiger partial charge on any atom is -0.383 e. The number of halogens is 4. The van der Waals surface area contributed by atoms with Gasteiger partial charge in [0.25, 0.3) is 5.91 Å². The molecule has 0 spiro atoms. The molecule has 3 aromatic rings. The lowest BCUT2D eigenvalue weighted by molar-refractivity contribution is -0.137. The number of amides is 3. The van der Waals surface area contributed by atoms with Crippen LogP contribution in [0.2, 0.25) is 5.02 Å². The second kappa shape index (κ2) is 11.9. The Morgan fingerprint density at radius 3 is 2.41 bits per heavy atom. The minimum atomic E-state index is -4.49. The number of hydrogen-bond acceptors (Lipinski definition) is 4. The maximum Gasteiger partial charge on any atom is 0.416 e. The standard InChI is InChI=1S/C27H27ClF3N5O3/c1-34-13-3-4-23(34)22-16-24(18-5-9-20(28)10-6-18)36(33-22)25(37)17-35(14-15-39-2)26(38)32-21-11-7-19(8-12-21)27(29,30)31/h3-13,24H,14-17H2,1-2H3,(H,32,38). The van der Waals surface area contributed by atoms with Gasteiger partial charge in [-0.1, -0.05) is 23.7 Å². The smallest absolute Gasteiger partial charge is 0.383 e. The topological polar surface area (TPSA) is 79.2 Å². The second-order valence-electron chi connectivity index (χ2n) is 8.98. The van der Waals surface area contributed by atoms with Crippen molar-refractivity contribution in [3.05, 3.63) is 88.7 Å². The van der Waals surface area contributed by atoms with Crippen LogP contribution in [0.5, 0.6) is 0 Å². The minimum absolute atomic E-state index is 0.0720. The van der Waals surface area contributed by atoms with Gasteiger partial charge in [0, 0.05) is 44.0 Å². The fraction of sp³-hybridized carbons (Fsp3) is 0.296. The van der Waals surface area contributed by atoms with Gasteiger partial charge < -0.3 is 19.5 Å². The molecule has 39 heavy (non-hydrogen) atoms. The predicted molar refractivity (Wildman–Crippen MR) is 142 cm³/mol. The van der Waals surface area contributed by atoms with Gasteiger partial charge in [-0.2, -0.15) is 18.3 Å². The lowest BCUT2D eigenvalue weighted by Gasteiger charge is -2.27. The van der Waals surface area contributed by atoms with Gasteiger partial charge in [-0.05, 0) is 54.1 Å². The molecule has 3 amide bonds. The van der Waals surface area contributed by atoms with Crippen molar-refractivity contribution in [2.75, 3.05) is 32.1 Å². The van der Waals surface area contributed by atoms with E-state index in [0.717, 1.165) is 35.5 Å². The van der Waals surface area contributed by atoms with E-state index >= 15 is 0 Å². The van der Waals surface area contributed by atoms with Crippen LogP contribution < -0.4 is 5.32 Å². The molecule has 8 nitrogen and oxygen atoms in total. The molecule has 0 saturated carbocycles. The summed E-state index contributed by atoms with van der Waals surface area (Å²) in [6.45, 7) is -0.113. The summed E-state index contributed by atoms with van der Waals surface area (Å²) >= 11 is 6.07. The summed E-state index contributed by atoms with van der Waals surface area (Å²) in [6.07, 6.45) is -2.15. The van der Waals surface area contributed by atoms with E-state index in [9.17, 15) is 22.8 Å². The molecule has 1 aromatic heterocycles. The number of hydrazone groups is 1. The van der Waals surface area contributed by atoms with Gasteiger partial charge in [-0.3, -0.25) is 4.79 Å². The van der Waals surface area contributed by atoms with Gasteiger partial charge >= 0.3 is 12.2 Å². The molecule has 1 unspecified atom stereocenters. The van der Waals surface area contributed by atoms with Gasteiger partial charge in [0.1, 0.15) is 6.54 Å². The van der Waals surface area contributed by atoms with Crippen molar-refractivity contribution >= 4 is 34.9 Å². The van der Waals surface area contributed by atoms with Crippen LogP contribution in [-0.2, 0) is 22.8 Å². The van der Waals surface area contributed by atoms with Gasteiger partial charge in [0.05, 0.1) is 29.6 Å². The van der Waals surface area contributed by atoms with Crippen molar-refractivity contribution in [3.8, 4) is 0 Å². The Bertz CT molecular complexity index is 1340. The zero-order chi connectivity index (χ0) is 28.2.